The lowest BCUT2D eigenvalue weighted by atomic mass is 9.91. The topological polar surface area (TPSA) is 102 Å². The van der Waals surface area contributed by atoms with Crippen molar-refractivity contribution in [1.29, 1.82) is 0 Å². The maximum absolute atomic E-state index is 14.6. The van der Waals surface area contributed by atoms with E-state index in [1.165, 1.54) is 6.07 Å². The highest BCUT2D eigenvalue weighted by Crippen LogP contribution is 2.33. The highest BCUT2D eigenvalue weighted by molar-refractivity contribution is 6.00. The Labute approximate surface area is 281 Å². The fourth-order valence-corrected chi connectivity index (χ4v) is 7.38. The summed E-state index contributed by atoms with van der Waals surface area (Å²) in [5.41, 5.74) is 3.83. The normalized spacial score (nSPS) is 17.9. The quantitative estimate of drug-likeness (QED) is 0.233. The van der Waals surface area contributed by atoms with Crippen LogP contribution in [0.1, 0.15) is 35.6 Å². The number of nitrogens with one attached hydrogen (secondary N) is 2. The molecule has 1 saturated heterocycles. The van der Waals surface area contributed by atoms with Gasteiger partial charge in [0, 0.05) is 55.4 Å². The monoisotopic (exact) mass is 672 g/mol. The second-order valence-electron chi connectivity index (χ2n) is 13.4. The first-order valence-corrected chi connectivity index (χ1v) is 16.6. The summed E-state index contributed by atoms with van der Waals surface area (Å²) in [5.74, 6) is 0.0852. The van der Waals surface area contributed by atoms with Crippen LogP contribution in [0.3, 0.4) is 0 Å². The lowest BCUT2D eigenvalue weighted by Gasteiger charge is -2.38. The molecule has 2 atom stereocenters. The van der Waals surface area contributed by atoms with Crippen LogP contribution in [0.15, 0.2) is 72.9 Å². The summed E-state index contributed by atoms with van der Waals surface area (Å²) in [6.07, 6.45) is -0.291. The predicted octanol–water partition coefficient (Wildman–Crippen LogP) is 5.66. The second-order valence-corrected chi connectivity index (χ2v) is 13.4. The van der Waals surface area contributed by atoms with Gasteiger partial charge in [-0.3, -0.25) is 4.79 Å². The van der Waals surface area contributed by atoms with E-state index >= 15 is 0 Å². The molecule has 0 spiro atoms. The molecule has 13 heteroatoms. The van der Waals surface area contributed by atoms with E-state index in [9.17, 15) is 22.8 Å². The number of piperidine rings is 1. The number of likely N-dealkylation sites (tertiary alicyclic amines) is 1. The number of hydrogen-bond acceptors (Lipinski definition) is 5. The maximum Gasteiger partial charge on any atom is 0.416 e. The molecule has 0 unspecified atom stereocenters. The highest BCUT2D eigenvalue weighted by atomic mass is 19.4. The van der Waals surface area contributed by atoms with Crippen molar-refractivity contribution in [1.82, 2.24) is 35.1 Å². The van der Waals surface area contributed by atoms with Crippen LogP contribution < -0.4 is 10.2 Å². The molecule has 0 radical (unpaired) electrons. The molecule has 2 aliphatic rings. The molecule has 10 nitrogen and oxygen atoms in total. The van der Waals surface area contributed by atoms with Gasteiger partial charge < -0.3 is 25.0 Å². The fraction of sp³-hybridized carbons (Fsp3) is 0.389. The number of urea groups is 1. The van der Waals surface area contributed by atoms with Crippen LogP contribution >= 0.6 is 0 Å². The van der Waals surface area contributed by atoms with Gasteiger partial charge in [0.1, 0.15) is 11.6 Å². The van der Waals surface area contributed by atoms with E-state index in [-0.39, 0.29) is 29.4 Å². The van der Waals surface area contributed by atoms with Gasteiger partial charge in [-0.15, -0.1) is 5.10 Å². The van der Waals surface area contributed by atoms with Gasteiger partial charge in [0.05, 0.1) is 17.1 Å². The Kier molecular flexibility index (Phi) is 8.78. The molecule has 0 saturated carbocycles. The second kappa shape index (κ2) is 13.2. The van der Waals surface area contributed by atoms with Crippen molar-refractivity contribution in [3.63, 3.8) is 0 Å². The summed E-state index contributed by atoms with van der Waals surface area (Å²) in [7, 11) is 4.07. The Bertz CT molecular complexity index is 1980. The summed E-state index contributed by atoms with van der Waals surface area (Å²) in [4.78, 5) is 37.4. The molecule has 0 aliphatic carbocycles. The van der Waals surface area contributed by atoms with Gasteiger partial charge in [0.25, 0.3) is 0 Å². The minimum absolute atomic E-state index is 0.132. The van der Waals surface area contributed by atoms with Crippen LogP contribution in [0, 0.1) is 5.92 Å². The van der Waals surface area contributed by atoms with Gasteiger partial charge in [-0.2, -0.15) is 13.2 Å². The number of aromatic amines is 1. The summed E-state index contributed by atoms with van der Waals surface area (Å²) >= 11 is 0. The molecule has 2 aromatic heterocycles. The third-order valence-electron chi connectivity index (χ3n) is 9.71. The molecular formula is C36H39F3N8O2. The van der Waals surface area contributed by atoms with Crippen molar-refractivity contribution < 1.29 is 22.8 Å². The van der Waals surface area contributed by atoms with Crippen molar-refractivity contribution in [2.45, 2.75) is 43.9 Å². The summed E-state index contributed by atoms with van der Waals surface area (Å²) in [6.45, 7) is 2.17. The van der Waals surface area contributed by atoms with E-state index in [0.29, 0.717) is 44.4 Å². The first-order valence-electron chi connectivity index (χ1n) is 16.6. The molecular weight excluding hydrogens is 633 g/mol. The number of fused-ring (bicyclic) bond motifs is 3. The van der Waals surface area contributed by atoms with E-state index in [1.54, 1.807) is 9.58 Å². The molecule has 1 fully saturated rings. The van der Waals surface area contributed by atoms with Gasteiger partial charge in [-0.25, -0.2) is 9.48 Å². The van der Waals surface area contributed by atoms with Crippen LogP contribution in [0.25, 0.3) is 21.9 Å². The van der Waals surface area contributed by atoms with Crippen LogP contribution in [0.5, 0.6) is 0 Å². The number of alkyl halides is 3. The number of hydrogen-bond donors (Lipinski definition) is 2. The summed E-state index contributed by atoms with van der Waals surface area (Å²) in [6, 6.07) is 18.1. The number of H-pyrrole nitrogens is 1. The number of carbonyl (C=O) groups is 2. The Balaban J connectivity index is 1.10. The number of nitrogens with zero attached hydrogens (tertiary/aromatic N) is 6. The largest absolute Gasteiger partial charge is 0.416 e. The highest BCUT2D eigenvalue weighted by Gasteiger charge is 2.36. The minimum atomic E-state index is -4.46. The molecule has 4 heterocycles. The lowest BCUT2D eigenvalue weighted by Crippen LogP contribution is -2.56. The van der Waals surface area contributed by atoms with Gasteiger partial charge in [-0.1, -0.05) is 41.6 Å². The van der Waals surface area contributed by atoms with Gasteiger partial charge in [0.2, 0.25) is 5.91 Å². The van der Waals surface area contributed by atoms with E-state index < -0.39 is 17.8 Å². The molecule has 7 rings (SSSR count). The molecule has 2 N–H and O–H groups in total. The van der Waals surface area contributed by atoms with E-state index in [0.717, 1.165) is 52.8 Å². The Morgan fingerprint density at radius 2 is 1.80 bits per heavy atom. The molecule has 3 amide bonds. The minimum Gasteiger partial charge on any atom is -0.361 e. The van der Waals surface area contributed by atoms with Gasteiger partial charge in [0.15, 0.2) is 0 Å². The number of amides is 3. The van der Waals surface area contributed by atoms with Crippen molar-refractivity contribution in [3.8, 4) is 0 Å². The lowest BCUT2D eigenvalue weighted by molar-refractivity contribution is -0.137. The van der Waals surface area contributed by atoms with Crippen molar-refractivity contribution in [2.24, 2.45) is 5.92 Å². The SMILES string of the molecule is CN(C)C[C@H]1Cc2ccccc2N(C(=O)[C@@H](Cc2c[nH]c3ccccc23)NC(=O)N2CCC(n3nnc4cc(C(F)(F)F)ccc43)CC2)C1. The van der Waals surface area contributed by atoms with Crippen molar-refractivity contribution in [2.75, 3.05) is 45.2 Å². The molecule has 0 bridgehead atoms. The van der Waals surface area contributed by atoms with E-state index in [4.69, 9.17) is 0 Å². The van der Waals surface area contributed by atoms with Crippen molar-refractivity contribution in [3.05, 3.63) is 89.6 Å². The number of carbonyl (C=O) groups excluding carboxylic acids is 2. The standard InChI is InChI=1S/C36H39F3N8O2/c1-44(2)21-23-17-24-7-3-6-10-32(24)46(22-23)34(48)31(18-25-20-40-29-9-5-4-8-28(25)29)41-35(49)45-15-13-27(14-16-45)47-33-12-11-26(36(37,38)39)19-30(33)42-43-47/h3-12,19-20,23,27,31,40H,13-18,21-22H2,1-2H3,(H,41,49)/t23-,31-/m1/s1. The Morgan fingerprint density at radius 3 is 2.57 bits per heavy atom. The van der Waals surface area contributed by atoms with Crippen molar-refractivity contribution >= 4 is 39.6 Å². The molecule has 3 aromatic carbocycles. The number of aromatic nitrogens is 4. The van der Waals surface area contributed by atoms with Crippen LogP contribution in [-0.4, -0.2) is 88.0 Å². The third kappa shape index (κ3) is 6.71. The zero-order chi connectivity index (χ0) is 34.3. The summed E-state index contributed by atoms with van der Waals surface area (Å²) in [5, 5.41) is 12.3. The molecule has 2 aliphatic heterocycles. The van der Waals surface area contributed by atoms with E-state index in [2.05, 4.69) is 31.6 Å². The first kappa shape index (κ1) is 32.6. The number of halogens is 3. The number of rotatable bonds is 7. The summed E-state index contributed by atoms with van der Waals surface area (Å²) < 4.78 is 41.3. The zero-order valence-corrected chi connectivity index (χ0v) is 27.5. The molecule has 49 heavy (non-hydrogen) atoms. The fourth-order valence-electron chi connectivity index (χ4n) is 7.38. The van der Waals surface area contributed by atoms with Crippen LogP contribution in [0.4, 0.5) is 23.7 Å². The Hall–Kier alpha value is -4.91. The molecule has 256 valence electrons. The number of anilines is 1. The number of benzene rings is 3. The maximum atomic E-state index is 14.6. The smallest absolute Gasteiger partial charge is 0.361 e. The first-order chi connectivity index (χ1) is 23.5. The predicted molar refractivity (Wildman–Crippen MR) is 181 cm³/mol. The Morgan fingerprint density at radius 1 is 1.04 bits per heavy atom. The van der Waals surface area contributed by atoms with E-state index in [1.807, 2.05) is 67.7 Å². The van der Waals surface area contributed by atoms with Gasteiger partial charge in [-0.05, 0) is 80.7 Å². The molecule has 5 aromatic rings. The average molecular weight is 673 g/mol. The number of para-hydroxylation sites is 2. The average Bonchev–Trinajstić information content (AvgIpc) is 3.70. The zero-order valence-electron chi connectivity index (χ0n) is 27.5. The van der Waals surface area contributed by atoms with Gasteiger partial charge >= 0.3 is 12.2 Å². The van der Waals surface area contributed by atoms with Crippen LogP contribution in [-0.2, 0) is 23.8 Å². The third-order valence-corrected chi connectivity index (χ3v) is 9.71. The van der Waals surface area contributed by atoms with Crippen LogP contribution in [0.2, 0.25) is 0 Å².